The predicted octanol–water partition coefficient (Wildman–Crippen LogP) is 2.48. The van der Waals surface area contributed by atoms with Crippen molar-refractivity contribution in [1.29, 1.82) is 0 Å². The van der Waals surface area contributed by atoms with Crippen molar-refractivity contribution in [2.75, 3.05) is 14.2 Å². The molecule has 1 saturated carbocycles. The molecule has 1 fully saturated rings. The molecule has 26 heavy (non-hydrogen) atoms. The number of aromatic nitrogens is 1. The fourth-order valence-corrected chi connectivity index (χ4v) is 3.22. The van der Waals surface area contributed by atoms with Crippen LogP contribution in [-0.4, -0.2) is 36.3 Å². The maximum Gasteiger partial charge on any atom is 0.251 e. The molecule has 2 N–H and O–H groups in total. The highest BCUT2D eigenvalue weighted by atomic mass is 16.5. The van der Waals surface area contributed by atoms with Gasteiger partial charge in [0.15, 0.2) is 0 Å². The number of hydrogen-bond acceptors (Lipinski definition) is 5. The van der Waals surface area contributed by atoms with Crippen molar-refractivity contribution in [3.05, 3.63) is 59.3 Å². The van der Waals surface area contributed by atoms with Gasteiger partial charge in [0.1, 0.15) is 0 Å². The third-order valence-electron chi connectivity index (χ3n) is 4.76. The lowest BCUT2D eigenvalue weighted by molar-refractivity contribution is 0.0234. The number of carbonyl (C=O) groups excluding carboxylic acids is 1. The number of carbonyl (C=O) groups is 1. The summed E-state index contributed by atoms with van der Waals surface area (Å²) in [6, 6.07) is 10.9. The number of ether oxygens (including phenoxy) is 2. The number of methoxy groups -OCH3 is 2. The van der Waals surface area contributed by atoms with Gasteiger partial charge >= 0.3 is 0 Å². The van der Waals surface area contributed by atoms with Crippen LogP contribution in [0.4, 0.5) is 0 Å². The highest BCUT2D eigenvalue weighted by Crippen LogP contribution is 2.38. The van der Waals surface area contributed by atoms with Crippen molar-refractivity contribution in [3.63, 3.8) is 0 Å². The molecule has 0 saturated heterocycles. The summed E-state index contributed by atoms with van der Waals surface area (Å²) in [5.74, 6) is 0.578. The smallest absolute Gasteiger partial charge is 0.251 e. The van der Waals surface area contributed by atoms with Crippen LogP contribution < -0.4 is 10.1 Å². The van der Waals surface area contributed by atoms with Crippen molar-refractivity contribution in [2.24, 2.45) is 5.92 Å². The van der Waals surface area contributed by atoms with E-state index in [1.165, 1.54) is 0 Å². The zero-order valence-electron chi connectivity index (χ0n) is 15.0. The largest absolute Gasteiger partial charge is 0.481 e. The van der Waals surface area contributed by atoms with Gasteiger partial charge in [0, 0.05) is 24.9 Å². The second-order valence-electron chi connectivity index (χ2n) is 6.60. The Kier molecular flexibility index (Phi) is 5.85. The monoisotopic (exact) mass is 356 g/mol. The lowest BCUT2D eigenvalue weighted by atomic mass is 9.75. The zero-order chi connectivity index (χ0) is 18.5. The van der Waals surface area contributed by atoms with Gasteiger partial charge in [-0.15, -0.1) is 0 Å². The Morgan fingerprint density at radius 1 is 1.23 bits per heavy atom. The Balaban J connectivity index is 1.75. The van der Waals surface area contributed by atoms with Crippen molar-refractivity contribution in [2.45, 2.75) is 31.6 Å². The molecule has 6 nitrogen and oxygen atoms in total. The summed E-state index contributed by atoms with van der Waals surface area (Å²) < 4.78 is 10.2. The maximum absolute atomic E-state index is 12.7. The van der Waals surface area contributed by atoms with E-state index in [1.54, 1.807) is 38.6 Å². The first-order valence-corrected chi connectivity index (χ1v) is 8.67. The summed E-state index contributed by atoms with van der Waals surface area (Å²) in [5.41, 5.74) is 2.52. The molecule has 0 bridgehead atoms. The van der Waals surface area contributed by atoms with Crippen molar-refractivity contribution in [3.8, 4) is 5.88 Å². The van der Waals surface area contributed by atoms with Crippen LogP contribution in [0.1, 0.15) is 40.4 Å². The number of pyridine rings is 1. The van der Waals surface area contributed by atoms with Crippen LogP contribution in [0.5, 0.6) is 5.88 Å². The molecular weight excluding hydrogens is 332 g/mol. The average molecular weight is 356 g/mol. The minimum atomic E-state index is -0.293. The van der Waals surface area contributed by atoms with Gasteiger partial charge < -0.3 is 19.9 Å². The highest BCUT2D eigenvalue weighted by Gasteiger charge is 2.36. The second kappa shape index (κ2) is 8.29. The standard InChI is InChI=1S/C20H24N2O4/c1-25-12-13-3-5-14(6-4-13)20(24)22-19(16-9-17(23)10-16)15-7-8-18(26-2)21-11-15/h3-8,11,16-17,19,23H,9-10,12H2,1-2H3,(H,22,24)/t16?,17?,19-/m0/s1. The maximum atomic E-state index is 12.7. The first-order valence-electron chi connectivity index (χ1n) is 8.67. The van der Waals surface area contributed by atoms with E-state index in [0.717, 1.165) is 11.1 Å². The van der Waals surface area contributed by atoms with Gasteiger partial charge in [-0.2, -0.15) is 0 Å². The van der Waals surface area contributed by atoms with Gasteiger partial charge in [-0.25, -0.2) is 4.98 Å². The Morgan fingerprint density at radius 2 is 1.96 bits per heavy atom. The first kappa shape index (κ1) is 18.4. The van der Waals surface area contributed by atoms with E-state index in [4.69, 9.17) is 9.47 Å². The number of aliphatic hydroxyl groups is 1. The summed E-state index contributed by atoms with van der Waals surface area (Å²) in [6.07, 6.45) is 2.77. The molecular formula is C20H24N2O4. The minimum absolute atomic E-state index is 0.142. The van der Waals surface area contributed by atoms with Crippen LogP contribution >= 0.6 is 0 Å². The summed E-state index contributed by atoms with van der Waals surface area (Å²) in [6.45, 7) is 0.516. The molecule has 1 aromatic carbocycles. The van der Waals surface area contributed by atoms with E-state index in [-0.39, 0.29) is 24.0 Å². The predicted molar refractivity (Wildman–Crippen MR) is 96.9 cm³/mol. The average Bonchev–Trinajstić information content (AvgIpc) is 2.65. The first-order chi connectivity index (χ1) is 12.6. The Labute approximate surface area is 153 Å². The van der Waals surface area contributed by atoms with Crippen molar-refractivity contribution >= 4 is 5.91 Å². The van der Waals surface area contributed by atoms with Crippen LogP contribution in [0.2, 0.25) is 0 Å². The molecule has 138 valence electrons. The lowest BCUT2D eigenvalue weighted by Crippen LogP contribution is -2.41. The van der Waals surface area contributed by atoms with Gasteiger partial charge in [0.2, 0.25) is 5.88 Å². The van der Waals surface area contributed by atoms with E-state index in [1.807, 2.05) is 18.2 Å². The number of benzene rings is 1. The van der Waals surface area contributed by atoms with E-state index >= 15 is 0 Å². The minimum Gasteiger partial charge on any atom is -0.481 e. The number of amides is 1. The van der Waals surface area contributed by atoms with Crippen LogP contribution in [0.3, 0.4) is 0 Å². The van der Waals surface area contributed by atoms with Gasteiger partial charge in [-0.05, 0) is 42.0 Å². The molecule has 0 spiro atoms. The molecule has 2 aromatic rings. The molecule has 6 heteroatoms. The van der Waals surface area contributed by atoms with Crippen molar-refractivity contribution < 1.29 is 19.4 Å². The molecule has 0 unspecified atom stereocenters. The molecule has 1 atom stereocenters. The van der Waals surface area contributed by atoms with Gasteiger partial charge in [-0.3, -0.25) is 4.79 Å². The molecule has 1 aliphatic rings. The number of nitrogens with zero attached hydrogens (tertiary/aromatic N) is 1. The molecule has 0 aliphatic heterocycles. The third-order valence-corrected chi connectivity index (χ3v) is 4.76. The zero-order valence-corrected chi connectivity index (χ0v) is 15.0. The lowest BCUT2D eigenvalue weighted by Gasteiger charge is -2.38. The Morgan fingerprint density at radius 3 is 2.50 bits per heavy atom. The van der Waals surface area contributed by atoms with E-state index in [2.05, 4.69) is 10.3 Å². The number of rotatable bonds is 7. The van der Waals surface area contributed by atoms with Crippen LogP contribution in [0.25, 0.3) is 0 Å². The summed E-state index contributed by atoms with van der Waals surface area (Å²) in [7, 11) is 3.21. The fourth-order valence-electron chi connectivity index (χ4n) is 3.22. The van der Waals surface area contributed by atoms with Crippen molar-refractivity contribution in [1.82, 2.24) is 10.3 Å². The normalized spacial score (nSPS) is 20.1. The molecule has 0 radical (unpaired) electrons. The molecule has 1 heterocycles. The molecule has 1 aliphatic carbocycles. The molecule has 1 amide bonds. The second-order valence-corrected chi connectivity index (χ2v) is 6.60. The fraction of sp³-hybridized carbons (Fsp3) is 0.400. The van der Waals surface area contributed by atoms with E-state index < -0.39 is 0 Å². The third kappa shape index (κ3) is 4.20. The van der Waals surface area contributed by atoms with Crippen LogP contribution in [0.15, 0.2) is 42.6 Å². The van der Waals surface area contributed by atoms with Crippen LogP contribution in [-0.2, 0) is 11.3 Å². The summed E-state index contributed by atoms with van der Waals surface area (Å²) in [5, 5.41) is 12.8. The van der Waals surface area contributed by atoms with Gasteiger partial charge in [0.25, 0.3) is 5.91 Å². The quantitative estimate of drug-likeness (QED) is 0.797. The number of aliphatic hydroxyl groups excluding tert-OH is 1. The highest BCUT2D eigenvalue weighted by molar-refractivity contribution is 5.94. The molecule has 3 rings (SSSR count). The Hall–Kier alpha value is -2.44. The van der Waals surface area contributed by atoms with Gasteiger partial charge in [0.05, 0.1) is 25.9 Å². The Bertz CT molecular complexity index is 724. The summed E-state index contributed by atoms with van der Waals surface area (Å²) in [4.78, 5) is 16.9. The topological polar surface area (TPSA) is 80.7 Å². The summed E-state index contributed by atoms with van der Waals surface area (Å²) >= 11 is 0. The number of hydrogen-bond donors (Lipinski definition) is 2. The number of nitrogens with one attached hydrogen (secondary N) is 1. The van der Waals surface area contributed by atoms with E-state index in [0.29, 0.717) is 30.9 Å². The molecule has 1 aromatic heterocycles. The van der Waals surface area contributed by atoms with Crippen LogP contribution in [0, 0.1) is 5.92 Å². The SMILES string of the molecule is COCc1ccc(C(=O)N[C@@H](c2ccc(OC)nc2)C2CC(O)C2)cc1. The van der Waals surface area contributed by atoms with Gasteiger partial charge in [-0.1, -0.05) is 18.2 Å². The van der Waals surface area contributed by atoms with E-state index in [9.17, 15) is 9.90 Å².